The van der Waals surface area contributed by atoms with Gasteiger partial charge in [0.05, 0.1) is 0 Å². The Balaban J connectivity index is 0. The third-order valence-corrected chi connectivity index (χ3v) is 1.35. The highest BCUT2D eigenvalue weighted by Crippen LogP contribution is 1.85. The summed E-state index contributed by atoms with van der Waals surface area (Å²) in [4.78, 5) is 3.88. The lowest BCUT2D eigenvalue weighted by Crippen LogP contribution is -2.38. The summed E-state index contributed by atoms with van der Waals surface area (Å²) in [7, 11) is 0. The minimum atomic E-state index is 0. The van der Waals surface area contributed by atoms with Crippen LogP contribution in [0.15, 0.2) is 4.99 Å². The van der Waals surface area contributed by atoms with Gasteiger partial charge in [0.1, 0.15) is 6.54 Å². The number of guanidine groups is 1. The van der Waals surface area contributed by atoms with Gasteiger partial charge in [0.2, 0.25) is 0 Å². The summed E-state index contributed by atoms with van der Waals surface area (Å²) in [5.41, 5.74) is 5.48. The normalized spacial score (nSPS) is 12.6. The standard InChI is InChI=1S/C8H15N3.HI/c1-4-6-10-8(9)11-7(3)5-2;/h1,7H,5-6H2,2-3H3,(H3,9,10,11);1H. The summed E-state index contributed by atoms with van der Waals surface area (Å²) >= 11 is 0. The molecule has 0 saturated carbocycles. The molecule has 12 heavy (non-hydrogen) atoms. The van der Waals surface area contributed by atoms with Gasteiger partial charge in [-0.1, -0.05) is 12.8 Å². The summed E-state index contributed by atoms with van der Waals surface area (Å²) in [6.07, 6.45) is 6.02. The Morgan fingerprint density at radius 1 is 1.75 bits per heavy atom. The number of hydrogen-bond donors (Lipinski definition) is 2. The highest BCUT2D eigenvalue weighted by Gasteiger charge is 1.96. The highest BCUT2D eigenvalue weighted by atomic mass is 127. The molecule has 70 valence electrons. The fourth-order valence-electron chi connectivity index (χ4n) is 0.531. The molecular weight excluding hydrogens is 265 g/mol. The first-order chi connectivity index (χ1) is 5.20. The molecule has 0 saturated heterocycles. The van der Waals surface area contributed by atoms with E-state index in [-0.39, 0.29) is 24.0 Å². The molecule has 0 aliphatic heterocycles. The molecule has 0 radical (unpaired) electrons. The molecular formula is C8H16IN3. The van der Waals surface area contributed by atoms with E-state index >= 15 is 0 Å². The molecule has 3 N–H and O–H groups in total. The number of nitrogens with zero attached hydrogens (tertiary/aromatic N) is 1. The zero-order valence-corrected chi connectivity index (χ0v) is 9.83. The smallest absolute Gasteiger partial charge is 0.189 e. The fourth-order valence-corrected chi connectivity index (χ4v) is 0.531. The average molecular weight is 281 g/mol. The van der Waals surface area contributed by atoms with Crippen molar-refractivity contribution in [2.45, 2.75) is 26.3 Å². The second kappa shape index (κ2) is 8.65. The fraction of sp³-hybridized carbons (Fsp3) is 0.625. The average Bonchev–Trinajstić information content (AvgIpc) is 2.00. The zero-order chi connectivity index (χ0) is 8.69. The Bertz CT molecular complexity index is 172. The van der Waals surface area contributed by atoms with Crippen molar-refractivity contribution in [1.29, 1.82) is 0 Å². The number of aliphatic imine (C=N–C) groups is 1. The Kier molecular flexibility index (Phi) is 10.2. The Hall–Kier alpha value is -0.440. The molecule has 0 heterocycles. The summed E-state index contributed by atoms with van der Waals surface area (Å²) in [6, 6.07) is 0.358. The molecule has 1 unspecified atom stereocenters. The van der Waals surface area contributed by atoms with Crippen molar-refractivity contribution in [1.82, 2.24) is 5.32 Å². The van der Waals surface area contributed by atoms with E-state index in [0.717, 1.165) is 6.42 Å². The van der Waals surface area contributed by atoms with Crippen LogP contribution < -0.4 is 11.1 Å². The lowest BCUT2D eigenvalue weighted by atomic mass is 10.3. The number of rotatable bonds is 3. The van der Waals surface area contributed by atoms with Gasteiger partial charge in [-0.3, -0.25) is 0 Å². The molecule has 1 atom stereocenters. The van der Waals surface area contributed by atoms with Gasteiger partial charge in [-0.05, 0) is 13.3 Å². The van der Waals surface area contributed by atoms with Crippen molar-refractivity contribution < 1.29 is 0 Å². The zero-order valence-electron chi connectivity index (χ0n) is 7.50. The molecule has 0 amide bonds. The Morgan fingerprint density at radius 2 is 2.33 bits per heavy atom. The van der Waals surface area contributed by atoms with Gasteiger partial charge >= 0.3 is 0 Å². The van der Waals surface area contributed by atoms with E-state index in [0.29, 0.717) is 18.5 Å². The summed E-state index contributed by atoms with van der Waals surface area (Å²) < 4.78 is 0. The maximum absolute atomic E-state index is 5.48. The van der Waals surface area contributed by atoms with Gasteiger partial charge in [0, 0.05) is 6.04 Å². The van der Waals surface area contributed by atoms with Crippen LogP contribution in [0.2, 0.25) is 0 Å². The molecule has 0 bridgehead atoms. The van der Waals surface area contributed by atoms with Gasteiger partial charge in [-0.25, -0.2) is 4.99 Å². The number of nitrogens with two attached hydrogens (primary N) is 1. The highest BCUT2D eigenvalue weighted by molar-refractivity contribution is 14.0. The van der Waals surface area contributed by atoms with E-state index in [1.165, 1.54) is 0 Å². The van der Waals surface area contributed by atoms with Crippen LogP contribution in [0.3, 0.4) is 0 Å². The second-order valence-electron chi connectivity index (χ2n) is 2.36. The van der Waals surface area contributed by atoms with E-state index in [1.54, 1.807) is 0 Å². The minimum Gasteiger partial charge on any atom is -0.370 e. The lowest BCUT2D eigenvalue weighted by molar-refractivity contribution is 0.637. The van der Waals surface area contributed by atoms with Crippen molar-refractivity contribution >= 4 is 29.9 Å². The minimum absolute atomic E-state index is 0. The van der Waals surface area contributed by atoms with E-state index in [1.807, 2.05) is 6.92 Å². The molecule has 0 aromatic carbocycles. The second-order valence-corrected chi connectivity index (χ2v) is 2.36. The molecule has 0 spiro atoms. The van der Waals surface area contributed by atoms with Crippen LogP contribution in [-0.2, 0) is 0 Å². The van der Waals surface area contributed by atoms with Gasteiger partial charge in [0.15, 0.2) is 5.96 Å². The molecule has 0 aromatic rings. The van der Waals surface area contributed by atoms with Gasteiger partial charge in [-0.2, -0.15) is 0 Å². The van der Waals surface area contributed by atoms with E-state index in [9.17, 15) is 0 Å². The molecule has 0 fully saturated rings. The van der Waals surface area contributed by atoms with Crippen LogP contribution >= 0.6 is 24.0 Å². The van der Waals surface area contributed by atoms with E-state index < -0.39 is 0 Å². The van der Waals surface area contributed by atoms with Crippen LogP contribution in [-0.4, -0.2) is 18.5 Å². The maximum atomic E-state index is 5.48. The summed E-state index contributed by atoms with van der Waals surface area (Å²) in [6.45, 7) is 4.46. The van der Waals surface area contributed by atoms with Crippen molar-refractivity contribution in [2.24, 2.45) is 10.7 Å². The number of nitrogens with one attached hydrogen (secondary N) is 1. The largest absolute Gasteiger partial charge is 0.370 e. The van der Waals surface area contributed by atoms with Crippen molar-refractivity contribution in [2.75, 3.05) is 6.54 Å². The Labute approximate surface area is 91.2 Å². The number of halogens is 1. The monoisotopic (exact) mass is 281 g/mol. The van der Waals surface area contributed by atoms with Gasteiger partial charge in [-0.15, -0.1) is 30.4 Å². The molecule has 3 nitrogen and oxygen atoms in total. The molecule has 0 aromatic heterocycles. The van der Waals surface area contributed by atoms with Crippen molar-refractivity contribution in [3.05, 3.63) is 0 Å². The third-order valence-electron chi connectivity index (χ3n) is 1.35. The maximum Gasteiger partial charge on any atom is 0.189 e. The van der Waals surface area contributed by atoms with Crippen LogP contribution in [0.4, 0.5) is 0 Å². The van der Waals surface area contributed by atoms with Crippen LogP contribution in [0, 0.1) is 12.3 Å². The first-order valence-corrected chi connectivity index (χ1v) is 3.70. The van der Waals surface area contributed by atoms with Crippen LogP contribution in [0.1, 0.15) is 20.3 Å². The number of hydrogen-bond acceptors (Lipinski definition) is 1. The lowest BCUT2D eigenvalue weighted by Gasteiger charge is -2.10. The van der Waals surface area contributed by atoms with Gasteiger partial charge in [0.25, 0.3) is 0 Å². The van der Waals surface area contributed by atoms with Gasteiger partial charge < -0.3 is 11.1 Å². The first kappa shape index (κ1) is 14.1. The van der Waals surface area contributed by atoms with E-state index in [2.05, 4.69) is 23.2 Å². The summed E-state index contributed by atoms with van der Waals surface area (Å²) in [5, 5.41) is 3.00. The predicted molar refractivity (Wildman–Crippen MR) is 63.6 cm³/mol. The van der Waals surface area contributed by atoms with Crippen LogP contribution in [0.5, 0.6) is 0 Å². The summed E-state index contributed by atoms with van der Waals surface area (Å²) in [5.74, 6) is 2.81. The molecule has 4 heteroatoms. The topological polar surface area (TPSA) is 50.4 Å². The van der Waals surface area contributed by atoms with Crippen molar-refractivity contribution in [3.63, 3.8) is 0 Å². The molecule has 0 aliphatic rings. The third kappa shape index (κ3) is 7.66. The van der Waals surface area contributed by atoms with Crippen LogP contribution in [0.25, 0.3) is 0 Å². The number of terminal acetylenes is 1. The molecule has 0 rings (SSSR count). The molecule has 0 aliphatic carbocycles. The SMILES string of the molecule is C#CCN=C(N)NC(C)CC.I. The Morgan fingerprint density at radius 3 is 2.75 bits per heavy atom. The van der Waals surface area contributed by atoms with E-state index in [4.69, 9.17) is 12.2 Å². The quantitative estimate of drug-likeness (QED) is 0.350. The first-order valence-electron chi connectivity index (χ1n) is 3.70. The van der Waals surface area contributed by atoms with Crippen molar-refractivity contribution in [3.8, 4) is 12.3 Å². The predicted octanol–water partition coefficient (Wildman–Crippen LogP) is 0.940.